The molecule has 1 heterocycles. The summed E-state index contributed by atoms with van der Waals surface area (Å²) in [7, 11) is 0. The van der Waals surface area contributed by atoms with Gasteiger partial charge in [-0.3, -0.25) is 0 Å². The summed E-state index contributed by atoms with van der Waals surface area (Å²) in [5, 5.41) is 14.8. The first-order valence-electron chi connectivity index (χ1n) is 6.34. The fourth-order valence-electron chi connectivity index (χ4n) is 1.75. The van der Waals surface area contributed by atoms with Crippen LogP contribution in [0.15, 0.2) is 60.8 Å². The number of hydrogen-bond donors (Lipinski definition) is 2. The summed E-state index contributed by atoms with van der Waals surface area (Å²) in [6.45, 7) is 0. The Kier molecular flexibility index (Phi) is 3.93. The normalized spacial score (nSPS) is 10.1. The van der Waals surface area contributed by atoms with Crippen molar-refractivity contribution in [3.8, 4) is 0 Å². The monoisotopic (exact) mass is 297 g/mol. The van der Waals surface area contributed by atoms with E-state index >= 15 is 0 Å². The van der Waals surface area contributed by atoms with E-state index in [4.69, 9.17) is 11.6 Å². The van der Waals surface area contributed by atoms with Crippen LogP contribution in [0.2, 0.25) is 5.02 Å². The average Bonchev–Trinajstić information content (AvgIpc) is 2.51. The third-order valence-electron chi connectivity index (χ3n) is 2.71. The Morgan fingerprint density at radius 1 is 0.810 bits per heavy atom. The molecule has 0 aliphatic carbocycles. The Hall–Kier alpha value is -2.66. The molecule has 1 aromatic heterocycles. The average molecular weight is 298 g/mol. The van der Waals surface area contributed by atoms with Gasteiger partial charge in [0.1, 0.15) is 0 Å². The number of nitrogens with zero attached hydrogens (tertiary/aromatic N) is 3. The number of hydrogen-bond acceptors (Lipinski definition) is 5. The molecule has 0 atom stereocenters. The molecule has 3 aromatic rings. The van der Waals surface area contributed by atoms with Crippen LogP contribution >= 0.6 is 11.6 Å². The van der Waals surface area contributed by atoms with Crippen LogP contribution in [-0.2, 0) is 0 Å². The Balaban J connectivity index is 1.75. The zero-order valence-corrected chi connectivity index (χ0v) is 11.7. The van der Waals surface area contributed by atoms with Crippen molar-refractivity contribution in [2.45, 2.75) is 0 Å². The maximum atomic E-state index is 5.85. The molecule has 6 heteroatoms. The molecular formula is C15H12ClN5. The topological polar surface area (TPSA) is 62.7 Å². The summed E-state index contributed by atoms with van der Waals surface area (Å²) in [5.74, 6) is 1.03. The summed E-state index contributed by atoms with van der Waals surface area (Å²) >= 11 is 5.85. The smallest absolute Gasteiger partial charge is 0.249 e. The highest BCUT2D eigenvalue weighted by Crippen LogP contribution is 2.18. The van der Waals surface area contributed by atoms with Crippen molar-refractivity contribution < 1.29 is 0 Å². The molecule has 0 bridgehead atoms. The van der Waals surface area contributed by atoms with E-state index in [2.05, 4.69) is 25.8 Å². The van der Waals surface area contributed by atoms with Gasteiger partial charge in [0.25, 0.3) is 0 Å². The van der Waals surface area contributed by atoms with Crippen LogP contribution in [0, 0.1) is 0 Å². The summed E-state index contributed by atoms with van der Waals surface area (Å²) in [4.78, 5) is 4.36. The lowest BCUT2D eigenvalue weighted by Crippen LogP contribution is -2.02. The van der Waals surface area contributed by atoms with Crippen molar-refractivity contribution in [2.75, 3.05) is 10.6 Å². The first-order valence-corrected chi connectivity index (χ1v) is 6.72. The van der Waals surface area contributed by atoms with Crippen molar-refractivity contribution in [3.05, 3.63) is 65.8 Å². The van der Waals surface area contributed by atoms with E-state index in [9.17, 15) is 0 Å². The van der Waals surface area contributed by atoms with Gasteiger partial charge in [0.2, 0.25) is 5.95 Å². The Morgan fingerprint density at radius 3 is 2.29 bits per heavy atom. The largest absolute Gasteiger partial charge is 0.339 e. The highest BCUT2D eigenvalue weighted by atomic mass is 35.5. The lowest BCUT2D eigenvalue weighted by molar-refractivity contribution is 0.982. The van der Waals surface area contributed by atoms with E-state index in [1.165, 1.54) is 0 Å². The number of para-hydroxylation sites is 1. The summed E-state index contributed by atoms with van der Waals surface area (Å²) in [6.07, 6.45) is 1.56. The zero-order valence-electron chi connectivity index (χ0n) is 11.0. The van der Waals surface area contributed by atoms with Crippen LogP contribution in [-0.4, -0.2) is 15.2 Å². The molecule has 2 aromatic carbocycles. The molecule has 0 fully saturated rings. The summed E-state index contributed by atoms with van der Waals surface area (Å²) in [6, 6.07) is 17.0. The number of nitrogens with one attached hydrogen (secondary N) is 2. The molecule has 2 N–H and O–H groups in total. The summed E-state index contributed by atoms with van der Waals surface area (Å²) < 4.78 is 0. The van der Waals surface area contributed by atoms with E-state index in [1.54, 1.807) is 6.20 Å². The standard InChI is InChI=1S/C15H12ClN5/c16-11-6-8-13(9-7-11)18-14-10-17-21-15(20-14)19-12-4-2-1-3-5-12/h1-10H,(H2,18,19,20,21). The van der Waals surface area contributed by atoms with Crippen molar-refractivity contribution in [1.29, 1.82) is 0 Å². The van der Waals surface area contributed by atoms with E-state index < -0.39 is 0 Å². The van der Waals surface area contributed by atoms with E-state index in [-0.39, 0.29) is 0 Å². The molecule has 0 unspecified atom stereocenters. The van der Waals surface area contributed by atoms with Gasteiger partial charge in [0.15, 0.2) is 5.82 Å². The number of rotatable bonds is 4. The molecule has 0 saturated heterocycles. The molecule has 0 aliphatic rings. The molecule has 0 radical (unpaired) electrons. The molecule has 104 valence electrons. The number of aromatic nitrogens is 3. The molecule has 21 heavy (non-hydrogen) atoms. The molecule has 3 rings (SSSR count). The third kappa shape index (κ3) is 3.67. The van der Waals surface area contributed by atoms with Gasteiger partial charge in [-0.15, -0.1) is 5.10 Å². The maximum absolute atomic E-state index is 5.85. The SMILES string of the molecule is Clc1ccc(Nc2cnnc(Nc3ccccc3)n2)cc1. The van der Waals surface area contributed by atoms with Crippen molar-refractivity contribution >= 4 is 34.7 Å². The second kappa shape index (κ2) is 6.19. The minimum Gasteiger partial charge on any atom is -0.339 e. The van der Waals surface area contributed by atoms with E-state index in [0.29, 0.717) is 16.8 Å². The van der Waals surface area contributed by atoms with Gasteiger partial charge in [0, 0.05) is 16.4 Å². The fourth-order valence-corrected chi connectivity index (χ4v) is 1.87. The number of halogens is 1. The molecule has 0 spiro atoms. The molecule has 0 amide bonds. The molecule has 5 nitrogen and oxygen atoms in total. The lowest BCUT2D eigenvalue weighted by atomic mass is 10.3. The highest BCUT2D eigenvalue weighted by Gasteiger charge is 2.02. The van der Waals surface area contributed by atoms with Gasteiger partial charge in [-0.2, -0.15) is 10.1 Å². The number of benzene rings is 2. The quantitative estimate of drug-likeness (QED) is 0.762. The van der Waals surface area contributed by atoms with Gasteiger partial charge < -0.3 is 10.6 Å². The zero-order chi connectivity index (χ0) is 14.5. The molecule has 0 aliphatic heterocycles. The predicted molar refractivity (Wildman–Crippen MR) is 84.3 cm³/mol. The first kappa shape index (κ1) is 13.3. The lowest BCUT2D eigenvalue weighted by Gasteiger charge is -2.07. The van der Waals surface area contributed by atoms with Crippen molar-refractivity contribution in [1.82, 2.24) is 15.2 Å². The Morgan fingerprint density at radius 2 is 1.52 bits per heavy atom. The molecule has 0 saturated carbocycles. The highest BCUT2D eigenvalue weighted by molar-refractivity contribution is 6.30. The second-order valence-electron chi connectivity index (χ2n) is 4.29. The summed E-state index contributed by atoms with van der Waals surface area (Å²) in [5.41, 5.74) is 1.79. The second-order valence-corrected chi connectivity index (χ2v) is 4.72. The van der Waals surface area contributed by atoms with Gasteiger partial charge in [0.05, 0.1) is 6.20 Å². The molecular weight excluding hydrogens is 286 g/mol. The van der Waals surface area contributed by atoms with Crippen molar-refractivity contribution in [2.24, 2.45) is 0 Å². The van der Waals surface area contributed by atoms with Gasteiger partial charge >= 0.3 is 0 Å². The van der Waals surface area contributed by atoms with Crippen LogP contribution in [0.1, 0.15) is 0 Å². The number of anilines is 4. The maximum Gasteiger partial charge on any atom is 0.249 e. The minimum atomic E-state index is 0.431. The van der Waals surface area contributed by atoms with Gasteiger partial charge in [-0.05, 0) is 36.4 Å². The third-order valence-corrected chi connectivity index (χ3v) is 2.96. The minimum absolute atomic E-state index is 0.431. The van der Waals surface area contributed by atoms with Gasteiger partial charge in [-0.25, -0.2) is 0 Å². The first-order chi connectivity index (χ1) is 10.3. The van der Waals surface area contributed by atoms with E-state index in [1.807, 2.05) is 54.6 Å². The predicted octanol–water partition coefficient (Wildman–Crippen LogP) is 4.01. The van der Waals surface area contributed by atoms with Crippen LogP contribution in [0.25, 0.3) is 0 Å². The van der Waals surface area contributed by atoms with Crippen molar-refractivity contribution in [3.63, 3.8) is 0 Å². The van der Waals surface area contributed by atoms with Crippen LogP contribution in [0.4, 0.5) is 23.1 Å². The van der Waals surface area contributed by atoms with Crippen LogP contribution < -0.4 is 10.6 Å². The Bertz CT molecular complexity index is 716. The van der Waals surface area contributed by atoms with Crippen LogP contribution in [0.5, 0.6) is 0 Å². The van der Waals surface area contributed by atoms with E-state index in [0.717, 1.165) is 11.4 Å². The Labute approximate surface area is 127 Å². The van der Waals surface area contributed by atoms with Gasteiger partial charge in [-0.1, -0.05) is 29.8 Å². The van der Waals surface area contributed by atoms with Crippen LogP contribution in [0.3, 0.4) is 0 Å². The fraction of sp³-hybridized carbons (Fsp3) is 0.